The lowest BCUT2D eigenvalue weighted by Gasteiger charge is -2.17. The highest BCUT2D eigenvalue weighted by molar-refractivity contribution is 6.10. The normalized spacial score (nSPS) is 11.3. The van der Waals surface area contributed by atoms with E-state index in [0.717, 1.165) is 72.9 Å². The molecule has 5 heteroatoms. The Morgan fingerprint density at radius 3 is 1.38 bits per heavy atom. The van der Waals surface area contributed by atoms with Gasteiger partial charge in [0.1, 0.15) is 0 Å². The first-order valence-electron chi connectivity index (χ1n) is 18.8. The van der Waals surface area contributed by atoms with Crippen LogP contribution in [0.4, 0.5) is 0 Å². The average Bonchev–Trinajstić information content (AvgIpc) is 3.60. The van der Waals surface area contributed by atoms with Crippen LogP contribution in [-0.2, 0) is 0 Å². The van der Waals surface area contributed by atoms with Gasteiger partial charge in [0.05, 0.1) is 39.5 Å². The van der Waals surface area contributed by atoms with Gasteiger partial charge in [0.25, 0.3) is 0 Å². The smallest absolute Gasteiger partial charge is 0.162 e. The molecule has 0 aliphatic rings. The third kappa shape index (κ3) is 6.11. The first-order chi connectivity index (χ1) is 27.7. The Labute approximate surface area is 325 Å². The van der Waals surface area contributed by atoms with Crippen molar-refractivity contribution in [1.29, 1.82) is 0 Å². The Morgan fingerprint density at radius 1 is 0.339 bits per heavy atom. The molecule has 5 nitrogen and oxygen atoms in total. The van der Waals surface area contributed by atoms with Gasteiger partial charge in [-0.25, -0.2) is 19.9 Å². The molecule has 0 aliphatic heterocycles. The molecular formula is C51H35N5. The molecule has 10 rings (SSSR count). The van der Waals surface area contributed by atoms with Crippen molar-refractivity contribution in [3.63, 3.8) is 0 Å². The Hall–Kier alpha value is -7.50. The Bertz CT molecular complexity index is 2900. The highest BCUT2D eigenvalue weighted by Gasteiger charge is 2.21. The zero-order valence-electron chi connectivity index (χ0n) is 30.7. The van der Waals surface area contributed by atoms with E-state index in [1.807, 2.05) is 48.5 Å². The van der Waals surface area contributed by atoms with Crippen LogP contribution in [0.2, 0.25) is 0 Å². The van der Waals surface area contributed by atoms with Gasteiger partial charge in [0, 0.05) is 44.2 Å². The first kappa shape index (κ1) is 33.1. The van der Waals surface area contributed by atoms with Gasteiger partial charge in [0.2, 0.25) is 0 Å². The number of rotatable bonds is 7. The third-order valence-corrected chi connectivity index (χ3v) is 10.3. The van der Waals surface area contributed by atoms with E-state index in [9.17, 15) is 0 Å². The molecular weight excluding hydrogens is 683 g/mol. The van der Waals surface area contributed by atoms with Crippen LogP contribution in [-0.4, -0.2) is 24.5 Å². The summed E-state index contributed by atoms with van der Waals surface area (Å²) in [6.07, 6.45) is 0. The molecule has 56 heavy (non-hydrogen) atoms. The van der Waals surface area contributed by atoms with E-state index in [0.29, 0.717) is 11.6 Å². The summed E-state index contributed by atoms with van der Waals surface area (Å²) in [5.74, 6) is 1.29. The van der Waals surface area contributed by atoms with Crippen LogP contribution in [0.25, 0.3) is 95.3 Å². The Balaban J connectivity index is 1.27. The van der Waals surface area contributed by atoms with Crippen molar-refractivity contribution in [1.82, 2.24) is 24.5 Å². The van der Waals surface area contributed by atoms with Gasteiger partial charge in [-0.15, -0.1) is 0 Å². The Morgan fingerprint density at radius 2 is 0.804 bits per heavy atom. The quantitative estimate of drug-likeness (QED) is 0.165. The summed E-state index contributed by atoms with van der Waals surface area (Å²) in [4.78, 5) is 21.0. The van der Waals surface area contributed by atoms with Crippen LogP contribution in [0.15, 0.2) is 194 Å². The van der Waals surface area contributed by atoms with Gasteiger partial charge in [0.15, 0.2) is 11.6 Å². The van der Waals surface area contributed by atoms with Gasteiger partial charge < -0.3 is 4.57 Å². The zero-order valence-corrected chi connectivity index (χ0v) is 30.7. The van der Waals surface area contributed by atoms with E-state index in [-0.39, 0.29) is 0 Å². The van der Waals surface area contributed by atoms with Crippen molar-refractivity contribution in [2.75, 3.05) is 0 Å². The SMILES string of the molecule is Cc1ccc2c(c1)c1ccccc1n2-c1ccc(-c2cc(-c3ccccc3)nc(-c3ccccc3)n2)cc1-c1nc(-c2ccccc2)cc(-c2ccccc2)n1. The minimum absolute atomic E-state index is 0.626. The lowest BCUT2D eigenvalue weighted by Crippen LogP contribution is -2.03. The second-order valence-electron chi connectivity index (χ2n) is 14.0. The van der Waals surface area contributed by atoms with Gasteiger partial charge >= 0.3 is 0 Å². The fraction of sp³-hybridized carbons (Fsp3) is 0.0196. The van der Waals surface area contributed by atoms with E-state index < -0.39 is 0 Å². The van der Waals surface area contributed by atoms with Crippen molar-refractivity contribution < 1.29 is 0 Å². The van der Waals surface area contributed by atoms with E-state index in [4.69, 9.17) is 19.9 Å². The molecule has 0 fully saturated rings. The maximum absolute atomic E-state index is 5.35. The molecule has 0 radical (unpaired) electrons. The highest BCUT2D eigenvalue weighted by Crippen LogP contribution is 2.39. The minimum atomic E-state index is 0.626. The highest BCUT2D eigenvalue weighted by atomic mass is 15.0. The molecule has 0 aliphatic carbocycles. The average molecular weight is 718 g/mol. The molecule has 10 aromatic rings. The molecule has 0 unspecified atom stereocenters. The number of aromatic nitrogens is 5. The van der Waals surface area contributed by atoms with Crippen LogP contribution in [0.5, 0.6) is 0 Å². The van der Waals surface area contributed by atoms with Crippen LogP contribution in [0.1, 0.15) is 5.56 Å². The summed E-state index contributed by atoms with van der Waals surface area (Å²) in [7, 11) is 0. The molecule has 0 bridgehead atoms. The molecule has 3 heterocycles. The largest absolute Gasteiger partial charge is 0.309 e. The topological polar surface area (TPSA) is 56.5 Å². The van der Waals surface area contributed by atoms with Crippen molar-refractivity contribution in [2.45, 2.75) is 6.92 Å². The van der Waals surface area contributed by atoms with Crippen LogP contribution < -0.4 is 0 Å². The molecule has 7 aromatic carbocycles. The number of fused-ring (bicyclic) bond motifs is 3. The van der Waals surface area contributed by atoms with Crippen LogP contribution in [0.3, 0.4) is 0 Å². The summed E-state index contributed by atoms with van der Waals surface area (Å²) in [5, 5.41) is 2.40. The predicted octanol–water partition coefficient (Wildman–Crippen LogP) is 12.7. The van der Waals surface area contributed by atoms with Crippen LogP contribution >= 0.6 is 0 Å². The summed E-state index contributed by atoms with van der Waals surface area (Å²) in [6, 6.07) is 67.2. The lowest BCUT2D eigenvalue weighted by molar-refractivity contribution is 1.13. The molecule has 3 aromatic heterocycles. The fourth-order valence-corrected chi connectivity index (χ4v) is 7.57. The van der Waals surface area contributed by atoms with Crippen LogP contribution in [0, 0.1) is 6.92 Å². The second kappa shape index (κ2) is 14.0. The lowest BCUT2D eigenvalue weighted by atomic mass is 10.0. The zero-order chi connectivity index (χ0) is 37.4. The van der Waals surface area contributed by atoms with E-state index >= 15 is 0 Å². The van der Waals surface area contributed by atoms with Crippen molar-refractivity contribution >= 4 is 21.8 Å². The van der Waals surface area contributed by atoms with Crippen molar-refractivity contribution in [3.8, 4) is 73.5 Å². The van der Waals surface area contributed by atoms with Crippen molar-refractivity contribution in [3.05, 3.63) is 200 Å². The maximum atomic E-state index is 5.35. The number of hydrogen-bond acceptors (Lipinski definition) is 4. The monoisotopic (exact) mass is 717 g/mol. The number of benzene rings is 7. The summed E-state index contributed by atoms with van der Waals surface area (Å²) >= 11 is 0. The fourth-order valence-electron chi connectivity index (χ4n) is 7.57. The number of hydrogen-bond donors (Lipinski definition) is 0. The third-order valence-electron chi connectivity index (χ3n) is 10.3. The minimum Gasteiger partial charge on any atom is -0.309 e. The number of para-hydroxylation sites is 1. The molecule has 0 N–H and O–H groups in total. The summed E-state index contributed by atoms with van der Waals surface area (Å²) < 4.78 is 2.36. The maximum Gasteiger partial charge on any atom is 0.162 e. The van der Waals surface area contributed by atoms with Gasteiger partial charge in [-0.3, -0.25) is 0 Å². The number of aryl methyl sites for hydroxylation is 1. The number of nitrogens with zero attached hydrogens (tertiary/aromatic N) is 5. The summed E-state index contributed by atoms with van der Waals surface area (Å²) in [6.45, 7) is 2.15. The van der Waals surface area contributed by atoms with Gasteiger partial charge in [-0.1, -0.05) is 157 Å². The molecule has 0 amide bonds. The standard InChI is InChI=1S/C51H35N5/c1-34-26-28-48-41(30-34)40-24-14-15-25-47(40)56(48)49-29-27-39(46-33-43(35-16-6-2-7-17-35)52-50(53-46)38-22-12-5-13-23-38)31-42(49)51-54-44(36-18-8-3-9-19-36)32-45(55-51)37-20-10-4-11-21-37/h2-33H,1H3. The summed E-state index contributed by atoms with van der Waals surface area (Å²) in [5.41, 5.74) is 13.6. The Kier molecular flexibility index (Phi) is 8.30. The molecule has 0 spiro atoms. The molecule has 264 valence electrons. The predicted molar refractivity (Wildman–Crippen MR) is 229 cm³/mol. The van der Waals surface area contributed by atoms with E-state index in [2.05, 4.69) is 157 Å². The van der Waals surface area contributed by atoms with Crippen molar-refractivity contribution in [2.24, 2.45) is 0 Å². The molecule has 0 atom stereocenters. The van der Waals surface area contributed by atoms with E-state index in [1.54, 1.807) is 0 Å². The van der Waals surface area contributed by atoms with E-state index in [1.165, 1.54) is 16.3 Å². The van der Waals surface area contributed by atoms with Gasteiger partial charge in [-0.05, 0) is 49.4 Å². The first-order valence-corrected chi connectivity index (χ1v) is 18.8. The van der Waals surface area contributed by atoms with Gasteiger partial charge in [-0.2, -0.15) is 0 Å². The molecule has 0 saturated heterocycles. The molecule has 0 saturated carbocycles. The second-order valence-corrected chi connectivity index (χ2v) is 14.0.